The SMILES string of the molecule is O=[N+]([O-])C1=CC2c3ccccc3C1c1ccccc12. The van der Waals surface area contributed by atoms with E-state index in [1.807, 2.05) is 42.5 Å². The fourth-order valence-electron chi connectivity index (χ4n) is 3.38. The molecule has 3 nitrogen and oxygen atoms in total. The quantitative estimate of drug-likeness (QED) is 0.574. The van der Waals surface area contributed by atoms with Crippen molar-refractivity contribution in [2.24, 2.45) is 0 Å². The van der Waals surface area contributed by atoms with Crippen LogP contribution in [0.1, 0.15) is 34.1 Å². The molecule has 0 fully saturated rings. The Labute approximate surface area is 110 Å². The second-order valence-electron chi connectivity index (χ2n) is 5.02. The summed E-state index contributed by atoms with van der Waals surface area (Å²) in [5.74, 6) is -0.190. The van der Waals surface area contributed by atoms with Crippen LogP contribution in [0.2, 0.25) is 0 Å². The molecule has 2 aromatic rings. The van der Waals surface area contributed by atoms with Gasteiger partial charge in [0.2, 0.25) is 0 Å². The Hall–Kier alpha value is -2.42. The number of hydrogen-bond acceptors (Lipinski definition) is 2. The van der Waals surface area contributed by atoms with Crippen LogP contribution >= 0.6 is 0 Å². The van der Waals surface area contributed by atoms with Crippen molar-refractivity contribution >= 4 is 0 Å². The molecule has 2 aromatic carbocycles. The van der Waals surface area contributed by atoms with E-state index >= 15 is 0 Å². The van der Waals surface area contributed by atoms with E-state index < -0.39 is 0 Å². The van der Waals surface area contributed by atoms with Crippen molar-refractivity contribution in [1.82, 2.24) is 0 Å². The first-order valence-corrected chi connectivity index (χ1v) is 6.31. The predicted molar refractivity (Wildman–Crippen MR) is 71.6 cm³/mol. The highest BCUT2D eigenvalue weighted by atomic mass is 16.6. The lowest BCUT2D eigenvalue weighted by molar-refractivity contribution is -0.430. The minimum Gasteiger partial charge on any atom is -0.259 e. The lowest BCUT2D eigenvalue weighted by Crippen LogP contribution is -2.27. The molecule has 0 saturated heterocycles. The average molecular weight is 249 g/mol. The molecule has 0 heterocycles. The third-order valence-corrected chi connectivity index (χ3v) is 4.13. The summed E-state index contributed by atoms with van der Waals surface area (Å²) >= 11 is 0. The highest BCUT2D eigenvalue weighted by Crippen LogP contribution is 2.51. The number of nitrogens with zero attached hydrogens (tertiary/aromatic N) is 1. The molecule has 3 aliphatic carbocycles. The normalized spacial score (nSPS) is 22.4. The molecular weight excluding hydrogens is 238 g/mol. The summed E-state index contributed by atoms with van der Waals surface area (Å²) in [5, 5.41) is 11.3. The fraction of sp³-hybridized carbons (Fsp3) is 0.125. The Morgan fingerprint density at radius 3 is 1.79 bits per heavy atom. The molecule has 0 aromatic heterocycles. The van der Waals surface area contributed by atoms with Crippen LogP contribution in [0.5, 0.6) is 0 Å². The van der Waals surface area contributed by atoms with Crippen molar-refractivity contribution in [3.8, 4) is 0 Å². The monoisotopic (exact) mass is 249 g/mol. The van der Waals surface area contributed by atoms with Crippen LogP contribution in [0.25, 0.3) is 0 Å². The summed E-state index contributed by atoms with van der Waals surface area (Å²) in [5.41, 5.74) is 4.90. The van der Waals surface area contributed by atoms with Gasteiger partial charge in [-0.3, -0.25) is 10.1 Å². The third kappa shape index (κ3) is 1.27. The van der Waals surface area contributed by atoms with Crippen molar-refractivity contribution in [3.63, 3.8) is 0 Å². The van der Waals surface area contributed by atoms with Crippen molar-refractivity contribution in [2.45, 2.75) is 11.8 Å². The second kappa shape index (κ2) is 3.54. The largest absolute Gasteiger partial charge is 0.259 e. The zero-order valence-electron chi connectivity index (χ0n) is 10.1. The zero-order valence-corrected chi connectivity index (χ0v) is 10.1. The standard InChI is InChI=1S/C16H11NO2/c18-17(19)15-9-14-10-5-1-3-7-12(10)16(15)13-8-4-2-6-11(13)14/h1-9,14,16H. The minimum atomic E-state index is -0.233. The third-order valence-electron chi connectivity index (χ3n) is 4.13. The van der Waals surface area contributed by atoms with Gasteiger partial charge >= 0.3 is 0 Å². The molecule has 19 heavy (non-hydrogen) atoms. The Morgan fingerprint density at radius 1 is 0.842 bits per heavy atom. The van der Waals surface area contributed by atoms with Crippen LogP contribution in [-0.4, -0.2) is 4.92 Å². The van der Waals surface area contributed by atoms with Gasteiger partial charge in [0.15, 0.2) is 0 Å². The maximum atomic E-state index is 11.3. The van der Waals surface area contributed by atoms with Crippen LogP contribution in [0.15, 0.2) is 60.3 Å². The molecule has 0 amide bonds. The first-order chi connectivity index (χ1) is 9.27. The number of nitro groups is 1. The van der Waals surface area contributed by atoms with Gasteiger partial charge in [-0.05, 0) is 22.3 Å². The van der Waals surface area contributed by atoms with Crippen LogP contribution in [-0.2, 0) is 0 Å². The predicted octanol–water partition coefficient (Wildman–Crippen LogP) is 3.44. The Bertz CT molecular complexity index is 686. The van der Waals surface area contributed by atoms with Gasteiger partial charge in [0, 0.05) is 12.0 Å². The van der Waals surface area contributed by atoms with Crippen LogP contribution in [0, 0.1) is 10.1 Å². The van der Waals surface area contributed by atoms with E-state index in [4.69, 9.17) is 0 Å². The van der Waals surface area contributed by atoms with E-state index in [1.54, 1.807) is 0 Å². The molecule has 2 bridgehead atoms. The molecule has 3 heteroatoms. The molecule has 0 radical (unpaired) electrons. The van der Waals surface area contributed by atoms with Gasteiger partial charge in [0.25, 0.3) is 5.70 Å². The van der Waals surface area contributed by atoms with E-state index in [0.29, 0.717) is 5.70 Å². The van der Waals surface area contributed by atoms with Gasteiger partial charge in [0.1, 0.15) is 5.92 Å². The topological polar surface area (TPSA) is 43.1 Å². The Kier molecular flexibility index (Phi) is 1.96. The van der Waals surface area contributed by atoms with E-state index in [1.165, 1.54) is 11.1 Å². The fourth-order valence-corrected chi connectivity index (χ4v) is 3.38. The molecule has 92 valence electrons. The summed E-state index contributed by atoms with van der Waals surface area (Å²) in [6, 6.07) is 16.1. The number of rotatable bonds is 1. The molecule has 0 aliphatic heterocycles. The zero-order chi connectivity index (χ0) is 13.0. The first-order valence-electron chi connectivity index (χ1n) is 6.31. The van der Waals surface area contributed by atoms with Crippen molar-refractivity contribution in [1.29, 1.82) is 0 Å². The second-order valence-corrected chi connectivity index (χ2v) is 5.02. The van der Waals surface area contributed by atoms with Gasteiger partial charge in [-0.15, -0.1) is 0 Å². The van der Waals surface area contributed by atoms with Crippen LogP contribution in [0.3, 0.4) is 0 Å². The molecule has 3 aliphatic rings. The van der Waals surface area contributed by atoms with Crippen molar-refractivity contribution in [2.75, 3.05) is 0 Å². The maximum absolute atomic E-state index is 11.3. The number of hydrogen-bond donors (Lipinski definition) is 0. The summed E-state index contributed by atoms with van der Waals surface area (Å²) in [6.45, 7) is 0. The van der Waals surface area contributed by atoms with E-state index in [0.717, 1.165) is 11.1 Å². The molecular formula is C16H11NO2. The summed E-state index contributed by atoms with van der Waals surface area (Å²) in [6.07, 6.45) is 1.81. The van der Waals surface area contributed by atoms with Gasteiger partial charge in [-0.1, -0.05) is 48.5 Å². The Morgan fingerprint density at radius 2 is 1.32 bits per heavy atom. The minimum absolute atomic E-state index is 0.0257. The van der Waals surface area contributed by atoms with Crippen molar-refractivity contribution < 1.29 is 4.92 Å². The molecule has 5 rings (SSSR count). The lowest BCUT2D eigenvalue weighted by Gasteiger charge is -2.35. The molecule has 0 saturated carbocycles. The summed E-state index contributed by atoms with van der Waals surface area (Å²) in [4.78, 5) is 11.1. The highest BCUT2D eigenvalue weighted by Gasteiger charge is 2.43. The number of allylic oxidation sites excluding steroid dienone is 2. The molecule has 0 N–H and O–H groups in total. The molecule has 0 spiro atoms. The van der Waals surface area contributed by atoms with E-state index in [2.05, 4.69) is 12.1 Å². The van der Waals surface area contributed by atoms with Gasteiger partial charge < -0.3 is 0 Å². The van der Waals surface area contributed by atoms with Gasteiger partial charge in [-0.2, -0.15) is 0 Å². The molecule has 0 atom stereocenters. The summed E-state index contributed by atoms with van der Waals surface area (Å²) < 4.78 is 0. The highest BCUT2D eigenvalue weighted by molar-refractivity contribution is 5.61. The summed E-state index contributed by atoms with van der Waals surface area (Å²) in [7, 11) is 0. The smallest absolute Gasteiger partial charge is 0.255 e. The van der Waals surface area contributed by atoms with Gasteiger partial charge in [0.05, 0.1) is 4.92 Å². The van der Waals surface area contributed by atoms with Crippen molar-refractivity contribution in [3.05, 3.63) is 92.7 Å². The lowest BCUT2D eigenvalue weighted by atomic mass is 9.66. The van der Waals surface area contributed by atoms with Crippen LogP contribution in [0.4, 0.5) is 0 Å². The average Bonchev–Trinajstić information content (AvgIpc) is 2.47. The maximum Gasteiger partial charge on any atom is 0.255 e. The van der Waals surface area contributed by atoms with E-state index in [9.17, 15) is 10.1 Å². The van der Waals surface area contributed by atoms with Crippen LogP contribution < -0.4 is 0 Å². The molecule has 0 unspecified atom stereocenters. The van der Waals surface area contributed by atoms with Gasteiger partial charge in [-0.25, -0.2) is 0 Å². The van der Waals surface area contributed by atoms with E-state index in [-0.39, 0.29) is 16.8 Å². The number of benzene rings is 2. The first kappa shape index (κ1) is 10.5. The Balaban J connectivity index is 2.05.